The molecule has 0 saturated heterocycles. The zero-order valence-corrected chi connectivity index (χ0v) is 14.4. The van der Waals surface area contributed by atoms with Gasteiger partial charge in [-0.15, -0.1) is 0 Å². The van der Waals surface area contributed by atoms with Crippen molar-refractivity contribution in [3.63, 3.8) is 0 Å². The Morgan fingerprint density at radius 3 is 2.40 bits per heavy atom. The van der Waals surface area contributed by atoms with E-state index in [1.165, 1.54) is 13.2 Å². The van der Waals surface area contributed by atoms with Gasteiger partial charge in [-0.05, 0) is 26.0 Å². The predicted molar refractivity (Wildman–Crippen MR) is 94.5 cm³/mol. The number of nitrogens with one attached hydrogen (secondary N) is 1. The van der Waals surface area contributed by atoms with Gasteiger partial charge in [-0.1, -0.05) is 12.1 Å². The number of amides is 1. The number of benzene rings is 2. The molecule has 2 aromatic carbocycles. The van der Waals surface area contributed by atoms with Crippen molar-refractivity contribution in [3.8, 4) is 17.2 Å². The summed E-state index contributed by atoms with van der Waals surface area (Å²) in [5.74, 6) is 0.824. The van der Waals surface area contributed by atoms with Crippen LogP contribution in [0.3, 0.4) is 0 Å². The van der Waals surface area contributed by atoms with E-state index in [1.807, 2.05) is 13.8 Å². The second kappa shape index (κ2) is 8.55. The number of ether oxygens (including phenoxy) is 3. The van der Waals surface area contributed by atoms with Crippen LogP contribution >= 0.6 is 0 Å². The van der Waals surface area contributed by atoms with Crippen molar-refractivity contribution < 1.29 is 19.0 Å². The SMILES string of the molecule is CCOc1cc(NC(=O)c2ccccc2OC)c(OCC)cc1[N+]#N. The maximum Gasteiger partial charge on any atom is 0.430 e. The van der Waals surface area contributed by atoms with E-state index in [0.29, 0.717) is 41.7 Å². The molecule has 0 heterocycles. The summed E-state index contributed by atoms with van der Waals surface area (Å²) in [6.45, 7) is 4.40. The average Bonchev–Trinajstić information content (AvgIpc) is 2.63. The summed E-state index contributed by atoms with van der Waals surface area (Å²) < 4.78 is 16.2. The van der Waals surface area contributed by atoms with E-state index < -0.39 is 0 Å². The maximum atomic E-state index is 12.6. The number of carbonyl (C=O) groups excluding carboxylic acids is 1. The van der Waals surface area contributed by atoms with Gasteiger partial charge in [-0.2, -0.15) is 0 Å². The molecule has 0 aliphatic heterocycles. The summed E-state index contributed by atoms with van der Waals surface area (Å²) in [6.07, 6.45) is 0. The number of diazo groups is 1. The molecule has 25 heavy (non-hydrogen) atoms. The lowest BCUT2D eigenvalue weighted by molar-refractivity contribution is 0.102. The topological polar surface area (TPSA) is 84.9 Å². The minimum absolute atomic E-state index is 0.223. The molecule has 1 N–H and O–H groups in total. The largest absolute Gasteiger partial charge is 0.496 e. The van der Waals surface area contributed by atoms with E-state index >= 15 is 0 Å². The molecule has 7 nitrogen and oxygen atoms in total. The van der Waals surface area contributed by atoms with E-state index in [1.54, 1.807) is 30.3 Å². The number of nitrogens with zero attached hydrogens (tertiary/aromatic N) is 2. The van der Waals surface area contributed by atoms with Gasteiger partial charge in [0.05, 0.1) is 37.6 Å². The van der Waals surface area contributed by atoms with Crippen molar-refractivity contribution in [2.75, 3.05) is 25.6 Å². The Morgan fingerprint density at radius 2 is 1.76 bits per heavy atom. The second-order valence-electron chi connectivity index (χ2n) is 4.94. The van der Waals surface area contributed by atoms with Gasteiger partial charge in [0.25, 0.3) is 5.91 Å². The van der Waals surface area contributed by atoms with Gasteiger partial charge in [-0.3, -0.25) is 4.79 Å². The van der Waals surface area contributed by atoms with Crippen LogP contribution in [0.1, 0.15) is 24.2 Å². The minimum Gasteiger partial charge on any atom is -0.496 e. The maximum absolute atomic E-state index is 12.6. The second-order valence-corrected chi connectivity index (χ2v) is 4.94. The third-order valence-corrected chi connectivity index (χ3v) is 3.37. The van der Waals surface area contributed by atoms with Crippen molar-refractivity contribution in [2.24, 2.45) is 0 Å². The molecule has 0 saturated carbocycles. The van der Waals surface area contributed by atoms with Crippen LogP contribution in [-0.2, 0) is 0 Å². The van der Waals surface area contributed by atoms with Crippen molar-refractivity contribution in [1.29, 1.82) is 5.39 Å². The van der Waals surface area contributed by atoms with Crippen LogP contribution in [0.4, 0.5) is 11.4 Å². The Bertz CT molecular complexity index is 799. The average molecular weight is 342 g/mol. The molecule has 2 aromatic rings. The summed E-state index contributed by atoms with van der Waals surface area (Å²) in [7, 11) is 1.50. The van der Waals surface area contributed by atoms with Crippen molar-refractivity contribution in [2.45, 2.75) is 13.8 Å². The third-order valence-electron chi connectivity index (χ3n) is 3.37. The highest BCUT2D eigenvalue weighted by Gasteiger charge is 2.22. The number of hydrogen-bond acceptors (Lipinski definition) is 5. The van der Waals surface area contributed by atoms with E-state index in [4.69, 9.17) is 19.6 Å². The number of para-hydroxylation sites is 1. The van der Waals surface area contributed by atoms with Gasteiger partial charge in [0, 0.05) is 6.07 Å². The first-order chi connectivity index (χ1) is 12.1. The lowest BCUT2D eigenvalue weighted by atomic mass is 10.1. The standard InChI is InChI=1S/C18H19N3O4/c1-4-24-16-11-14(21-19)17(25-5-2)10-13(16)20-18(22)12-8-6-7-9-15(12)23-3/h6-11H,4-5H2,1-3H3/p+1. The molecule has 1 amide bonds. The van der Waals surface area contributed by atoms with E-state index in [-0.39, 0.29) is 11.6 Å². The summed E-state index contributed by atoms with van der Waals surface area (Å²) in [4.78, 5) is 15.8. The summed E-state index contributed by atoms with van der Waals surface area (Å²) in [6, 6.07) is 9.97. The number of rotatable bonds is 7. The Kier molecular flexibility index (Phi) is 6.18. The zero-order chi connectivity index (χ0) is 18.2. The Morgan fingerprint density at radius 1 is 1.08 bits per heavy atom. The van der Waals surface area contributed by atoms with Crippen LogP contribution in [-0.4, -0.2) is 26.2 Å². The van der Waals surface area contributed by atoms with Crippen LogP contribution in [0.2, 0.25) is 0 Å². The molecule has 0 bridgehead atoms. The predicted octanol–water partition coefficient (Wildman–Crippen LogP) is 4.23. The first-order valence-corrected chi connectivity index (χ1v) is 7.87. The third kappa shape index (κ3) is 4.18. The van der Waals surface area contributed by atoms with Crippen LogP contribution in [0, 0.1) is 5.39 Å². The fourth-order valence-electron chi connectivity index (χ4n) is 2.29. The highest BCUT2D eigenvalue weighted by Crippen LogP contribution is 2.39. The van der Waals surface area contributed by atoms with Crippen LogP contribution in [0.5, 0.6) is 17.2 Å². The lowest BCUT2D eigenvalue weighted by Crippen LogP contribution is -2.14. The molecular weight excluding hydrogens is 322 g/mol. The van der Waals surface area contributed by atoms with Gasteiger partial charge < -0.3 is 19.5 Å². The number of anilines is 1. The van der Waals surface area contributed by atoms with Crippen LogP contribution in [0.25, 0.3) is 4.98 Å². The lowest BCUT2D eigenvalue weighted by Gasteiger charge is -2.13. The number of methoxy groups -OCH3 is 1. The van der Waals surface area contributed by atoms with Crippen molar-refractivity contribution in [1.82, 2.24) is 0 Å². The molecule has 0 atom stereocenters. The Balaban J connectivity index is 2.41. The molecule has 0 fully saturated rings. The smallest absolute Gasteiger partial charge is 0.430 e. The first-order valence-electron chi connectivity index (χ1n) is 7.87. The normalized spacial score (nSPS) is 9.84. The van der Waals surface area contributed by atoms with E-state index in [2.05, 4.69) is 10.3 Å². The molecule has 0 unspecified atom stereocenters. The summed E-state index contributed by atoms with van der Waals surface area (Å²) >= 11 is 0. The molecule has 0 aliphatic rings. The highest BCUT2D eigenvalue weighted by atomic mass is 16.5. The van der Waals surface area contributed by atoms with Crippen LogP contribution < -0.4 is 19.5 Å². The van der Waals surface area contributed by atoms with Crippen molar-refractivity contribution >= 4 is 17.3 Å². The van der Waals surface area contributed by atoms with Gasteiger partial charge in [0.15, 0.2) is 10.7 Å². The minimum atomic E-state index is -0.352. The molecule has 7 heteroatoms. The summed E-state index contributed by atoms with van der Waals surface area (Å²) in [5, 5.41) is 11.9. The Hall–Kier alpha value is -3.27. The fourth-order valence-corrected chi connectivity index (χ4v) is 2.29. The van der Waals surface area contributed by atoms with Gasteiger partial charge in [0.2, 0.25) is 11.1 Å². The monoisotopic (exact) mass is 342 g/mol. The fraction of sp³-hybridized carbons (Fsp3) is 0.278. The first kappa shape index (κ1) is 18.1. The van der Waals surface area contributed by atoms with E-state index in [0.717, 1.165) is 0 Å². The van der Waals surface area contributed by atoms with Crippen LogP contribution in [0.15, 0.2) is 36.4 Å². The molecular formula is C18H20N3O4+. The Labute approximate surface area is 146 Å². The zero-order valence-electron chi connectivity index (χ0n) is 14.4. The van der Waals surface area contributed by atoms with Crippen molar-refractivity contribution in [3.05, 3.63) is 46.9 Å². The number of carbonyl (C=O) groups is 1. The molecule has 0 aliphatic carbocycles. The molecule has 0 aromatic heterocycles. The molecule has 130 valence electrons. The van der Waals surface area contributed by atoms with Gasteiger partial charge in [-0.25, -0.2) is 0 Å². The van der Waals surface area contributed by atoms with Gasteiger partial charge in [0.1, 0.15) is 5.75 Å². The quantitative estimate of drug-likeness (QED) is 0.761. The molecule has 2 rings (SSSR count). The summed E-state index contributed by atoms with van der Waals surface area (Å²) in [5.41, 5.74) is 1.02. The molecule has 0 radical (unpaired) electrons. The number of hydrogen-bond donors (Lipinski definition) is 1. The van der Waals surface area contributed by atoms with E-state index in [9.17, 15) is 4.79 Å². The highest BCUT2D eigenvalue weighted by molar-refractivity contribution is 6.07. The van der Waals surface area contributed by atoms with Gasteiger partial charge >= 0.3 is 5.69 Å². The molecule has 0 spiro atoms.